The van der Waals surface area contributed by atoms with Crippen molar-refractivity contribution in [2.45, 2.75) is 65.1 Å². The lowest BCUT2D eigenvalue weighted by atomic mass is 9.97. The summed E-state index contributed by atoms with van der Waals surface area (Å²) in [4.78, 5) is 0. The van der Waals surface area contributed by atoms with E-state index in [1.807, 2.05) is 0 Å². The minimum absolute atomic E-state index is 0.725. The first-order valence-electron chi connectivity index (χ1n) is 7.17. The Morgan fingerprint density at radius 2 is 2.12 bits per heavy atom. The van der Waals surface area contributed by atoms with Gasteiger partial charge in [0.1, 0.15) is 0 Å². The van der Waals surface area contributed by atoms with Crippen molar-refractivity contribution in [3.63, 3.8) is 0 Å². The average molecular weight is 234 g/mol. The molecule has 1 heterocycles. The molecule has 17 heavy (non-hydrogen) atoms. The highest BCUT2D eigenvalue weighted by Crippen LogP contribution is 2.23. The summed E-state index contributed by atoms with van der Waals surface area (Å²) in [6.07, 6.45) is 11.4. The molecule has 2 heteroatoms. The van der Waals surface area contributed by atoms with Gasteiger partial charge in [0.05, 0.1) is 0 Å². The summed E-state index contributed by atoms with van der Waals surface area (Å²) in [7, 11) is 0. The van der Waals surface area contributed by atoms with Crippen LogP contribution < -0.4 is 5.32 Å². The Hall–Kier alpha value is -0.760. The van der Waals surface area contributed by atoms with Crippen molar-refractivity contribution in [1.82, 2.24) is 9.88 Å². The Labute approximate surface area is 105 Å². The van der Waals surface area contributed by atoms with Gasteiger partial charge in [0.15, 0.2) is 0 Å². The van der Waals surface area contributed by atoms with Crippen LogP contribution in [0.5, 0.6) is 0 Å². The lowest BCUT2D eigenvalue weighted by Gasteiger charge is -2.22. The summed E-state index contributed by atoms with van der Waals surface area (Å²) in [6.45, 7) is 6.69. The fourth-order valence-corrected chi connectivity index (χ4v) is 2.84. The van der Waals surface area contributed by atoms with Crippen LogP contribution in [0, 0.1) is 5.92 Å². The zero-order valence-corrected chi connectivity index (χ0v) is 11.3. The number of hydrogen-bond donors (Lipinski definition) is 1. The lowest BCUT2D eigenvalue weighted by Crippen LogP contribution is -2.33. The average Bonchev–Trinajstić information content (AvgIpc) is 2.70. The largest absolute Gasteiger partial charge is 0.354 e. The van der Waals surface area contributed by atoms with Crippen LogP contribution in [0.1, 0.15) is 51.5 Å². The molecule has 0 aromatic carbocycles. The van der Waals surface area contributed by atoms with Gasteiger partial charge in [-0.2, -0.15) is 0 Å². The molecule has 2 unspecified atom stereocenters. The molecule has 0 spiro atoms. The highest BCUT2D eigenvalue weighted by molar-refractivity contribution is 5.10. The highest BCUT2D eigenvalue weighted by atomic mass is 15.0. The number of nitrogens with zero attached hydrogens (tertiary/aromatic N) is 1. The third-order valence-corrected chi connectivity index (χ3v) is 4.11. The molecule has 1 N–H and O–H groups in total. The molecule has 0 bridgehead atoms. The van der Waals surface area contributed by atoms with Crippen molar-refractivity contribution < 1.29 is 0 Å². The van der Waals surface area contributed by atoms with E-state index < -0.39 is 0 Å². The molecule has 96 valence electrons. The van der Waals surface area contributed by atoms with Gasteiger partial charge < -0.3 is 9.88 Å². The molecule has 2 nitrogen and oxygen atoms in total. The molecule has 1 aromatic rings. The summed E-state index contributed by atoms with van der Waals surface area (Å²) in [5.41, 5.74) is 1.42. The van der Waals surface area contributed by atoms with E-state index in [-0.39, 0.29) is 0 Å². The van der Waals surface area contributed by atoms with Gasteiger partial charge in [-0.05, 0) is 37.3 Å². The highest BCUT2D eigenvalue weighted by Gasteiger charge is 2.18. The van der Waals surface area contributed by atoms with Crippen LogP contribution in [0.25, 0.3) is 0 Å². The Bertz CT molecular complexity index is 329. The number of aromatic nitrogens is 1. The van der Waals surface area contributed by atoms with Crippen molar-refractivity contribution in [2.24, 2.45) is 5.92 Å². The molecule has 1 aromatic heterocycles. The molecular weight excluding hydrogens is 208 g/mol. The van der Waals surface area contributed by atoms with Gasteiger partial charge in [-0.1, -0.05) is 26.2 Å². The monoisotopic (exact) mass is 234 g/mol. The lowest BCUT2D eigenvalue weighted by molar-refractivity contribution is 0.356. The van der Waals surface area contributed by atoms with E-state index in [1.54, 1.807) is 0 Å². The molecule has 1 saturated carbocycles. The second kappa shape index (κ2) is 6.25. The van der Waals surface area contributed by atoms with E-state index in [0.717, 1.165) is 25.0 Å². The first-order valence-corrected chi connectivity index (χ1v) is 7.17. The maximum Gasteiger partial charge on any atom is 0.0223 e. The Kier molecular flexibility index (Phi) is 4.66. The fraction of sp³-hybridized carbons (Fsp3) is 0.733. The van der Waals surface area contributed by atoms with Gasteiger partial charge in [0.2, 0.25) is 0 Å². The van der Waals surface area contributed by atoms with Crippen molar-refractivity contribution in [3.05, 3.63) is 24.0 Å². The summed E-state index contributed by atoms with van der Waals surface area (Å²) in [6, 6.07) is 2.96. The molecule has 2 rings (SSSR count). The summed E-state index contributed by atoms with van der Waals surface area (Å²) >= 11 is 0. The van der Waals surface area contributed by atoms with E-state index in [4.69, 9.17) is 0 Å². The van der Waals surface area contributed by atoms with Crippen molar-refractivity contribution >= 4 is 0 Å². The van der Waals surface area contributed by atoms with Gasteiger partial charge >= 0.3 is 0 Å². The van der Waals surface area contributed by atoms with Gasteiger partial charge in [-0.15, -0.1) is 0 Å². The Balaban J connectivity index is 1.83. The molecular formula is C15H26N2. The van der Waals surface area contributed by atoms with Crippen molar-refractivity contribution in [1.29, 1.82) is 0 Å². The molecule has 1 aliphatic carbocycles. The van der Waals surface area contributed by atoms with Crippen molar-refractivity contribution in [3.8, 4) is 0 Å². The Morgan fingerprint density at radius 1 is 1.29 bits per heavy atom. The fourth-order valence-electron chi connectivity index (χ4n) is 2.84. The van der Waals surface area contributed by atoms with Gasteiger partial charge in [-0.3, -0.25) is 0 Å². The van der Waals surface area contributed by atoms with Crippen LogP contribution in [-0.2, 0) is 13.1 Å². The zero-order chi connectivity index (χ0) is 12.1. The molecule has 0 saturated heterocycles. The van der Waals surface area contributed by atoms with Crippen LogP contribution in [-0.4, -0.2) is 10.6 Å². The minimum Gasteiger partial charge on any atom is -0.354 e. The number of rotatable bonds is 4. The maximum atomic E-state index is 3.75. The predicted molar refractivity (Wildman–Crippen MR) is 73.0 cm³/mol. The summed E-state index contributed by atoms with van der Waals surface area (Å²) in [5.74, 6) is 0.839. The van der Waals surface area contributed by atoms with Crippen LogP contribution in [0.2, 0.25) is 0 Å². The molecule has 1 fully saturated rings. The quantitative estimate of drug-likeness (QED) is 0.788. The van der Waals surface area contributed by atoms with Crippen LogP contribution in [0.4, 0.5) is 0 Å². The van der Waals surface area contributed by atoms with Gasteiger partial charge in [0.25, 0.3) is 0 Å². The Morgan fingerprint density at radius 3 is 2.88 bits per heavy atom. The van der Waals surface area contributed by atoms with Crippen LogP contribution in [0.15, 0.2) is 18.5 Å². The first kappa shape index (κ1) is 12.7. The SMILES string of the molecule is CCn1ccc(CNC2CCCCCC2C)c1. The molecule has 0 radical (unpaired) electrons. The smallest absolute Gasteiger partial charge is 0.0223 e. The van der Waals surface area contributed by atoms with E-state index >= 15 is 0 Å². The molecule has 2 atom stereocenters. The van der Waals surface area contributed by atoms with Crippen LogP contribution >= 0.6 is 0 Å². The van der Waals surface area contributed by atoms with Crippen LogP contribution in [0.3, 0.4) is 0 Å². The standard InChI is InChI=1S/C15H26N2/c1-3-17-10-9-14(12-17)11-16-15-8-6-4-5-7-13(15)2/h9-10,12-13,15-16H,3-8,11H2,1-2H3. The first-order chi connectivity index (χ1) is 8.29. The van der Waals surface area contributed by atoms with E-state index in [1.165, 1.54) is 37.7 Å². The van der Waals surface area contributed by atoms with E-state index in [0.29, 0.717) is 0 Å². The maximum absolute atomic E-state index is 3.75. The van der Waals surface area contributed by atoms with E-state index in [2.05, 4.69) is 42.2 Å². The molecule has 0 amide bonds. The summed E-state index contributed by atoms with van der Waals surface area (Å²) in [5, 5.41) is 3.75. The zero-order valence-electron chi connectivity index (χ0n) is 11.3. The summed E-state index contributed by atoms with van der Waals surface area (Å²) < 4.78 is 2.24. The normalized spacial score (nSPS) is 25.8. The minimum atomic E-state index is 0.725. The second-order valence-corrected chi connectivity index (χ2v) is 5.45. The number of nitrogens with one attached hydrogen (secondary N) is 1. The number of aryl methyl sites for hydroxylation is 1. The molecule has 1 aliphatic rings. The second-order valence-electron chi connectivity index (χ2n) is 5.45. The molecule has 0 aliphatic heterocycles. The van der Waals surface area contributed by atoms with Crippen molar-refractivity contribution in [2.75, 3.05) is 0 Å². The van der Waals surface area contributed by atoms with E-state index in [9.17, 15) is 0 Å². The topological polar surface area (TPSA) is 17.0 Å². The third-order valence-electron chi connectivity index (χ3n) is 4.11. The van der Waals surface area contributed by atoms with Gasteiger partial charge in [0, 0.05) is 31.5 Å². The number of hydrogen-bond acceptors (Lipinski definition) is 1. The van der Waals surface area contributed by atoms with Gasteiger partial charge in [-0.25, -0.2) is 0 Å². The third kappa shape index (κ3) is 3.60. The predicted octanol–water partition coefficient (Wildman–Crippen LogP) is 3.57.